The van der Waals surface area contributed by atoms with Crippen molar-refractivity contribution < 1.29 is 10.2 Å². The van der Waals surface area contributed by atoms with Crippen molar-refractivity contribution in [3.8, 4) is 27.8 Å². The first-order valence-corrected chi connectivity index (χ1v) is 12.6. The first kappa shape index (κ1) is 24.8. The number of phenolic OH excluding ortho intramolecular Hbond substituents is 2. The Morgan fingerprint density at radius 1 is 0.842 bits per heavy atom. The third-order valence-electron chi connectivity index (χ3n) is 5.66. The maximum absolute atomic E-state index is 9.86. The van der Waals surface area contributed by atoms with Crippen LogP contribution in [0.5, 0.6) is 11.5 Å². The van der Waals surface area contributed by atoms with Crippen molar-refractivity contribution in [1.29, 1.82) is 0 Å². The van der Waals surface area contributed by atoms with Crippen LogP contribution in [-0.2, 0) is 0 Å². The quantitative estimate of drug-likeness (QED) is 0.142. The van der Waals surface area contributed by atoms with Crippen LogP contribution in [0.4, 0.5) is 11.4 Å². The van der Waals surface area contributed by atoms with E-state index in [2.05, 4.69) is 51.6 Å². The highest BCUT2D eigenvalue weighted by molar-refractivity contribution is 7.12. The molecule has 1 heterocycles. The van der Waals surface area contributed by atoms with Crippen LogP contribution in [0.2, 0.25) is 0 Å². The third kappa shape index (κ3) is 5.74. The summed E-state index contributed by atoms with van der Waals surface area (Å²) in [5, 5.41) is 42.2. The monoisotopic (exact) mass is 520 g/mol. The van der Waals surface area contributed by atoms with Gasteiger partial charge in [-0.1, -0.05) is 71.5 Å². The zero-order valence-corrected chi connectivity index (χ0v) is 21.5. The molecule has 0 atom stereocenters. The Morgan fingerprint density at radius 2 is 1.58 bits per heavy atom. The van der Waals surface area contributed by atoms with Gasteiger partial charge in [0, 0.05) is 11.6 Å². The molecule has 0 unspecified atom stereocenters. The van der Waals surface area contributed by atoms with Gasteiger partial charge in [-0.05, 0) is 55.8 Å². The Balaban J connectivity index is 1.42. The van der Waals surface area contributed by atoms with E-state index in [9.17, 15) is 10.2 Å². The number of azo groups is 1. The van der Waals surface area contributed by atoms with Gasteiger partial charge in [-0.3, -0.25) is 0 Å². The number of aromatic nitrogens is 2. The summed E-state index contributed by atoms with van der Waals surface area (Å²) in [6, 6.07) is 29.7. The van der Waals surface area contributed by atoms with Crippen molar-refractivity contribution >= 4 is 28.4 Å². The summed E-state index contributed by atoms with van der Waals surface area (Å²) in [5.74, 6) is -0.179. The number of hydrogen-bond acceptors (Lipinski definition) is 8. The molecule has 9 heteroatoms. The van der Waals surface area contributed by atoms with Crippen molar-refractivity contribution in [2.24, 2.45) is 20.4 Å². The Bertz CT molecular complexity index is 1690. The van der Waals surface area contributed by atoms with Gasteiger partial charge in [0.25, 0.3) is 0 Å². The highest BCUT2D eigenvalue weighted by Gasteiger charge is 2.09. The predicted molar refractivity (Wildman–Crippen MR) is 150 cm³/mol. The van der Waals surface area contributed by atoms with Crippen molar-refractivity contribution in [3.63, 3.8) is 0 Å². The van der Waals surface area contributed by atoms with E-state index in [0.29, 0.717) is 10.5 Å². The van der Waals surface area contributed by atoms with Gasteiger partial charge in [-0.25, -0.2) is 4.68 Å². The van der Waals surface area contributed by atoms with Crippen molar-refractivity contribution in [1.82, 2.24) is 9.78 Å². The van der Waals surface area contributed by atoms with Gasteiger partial charge >= 0.3 is 0 Å². The van der Waals surface area contributed by atoms with Gasteiger partial charge in [0.05, 0.1) is 17.1 Å². The molecule has 8 nitrogen and oxygen atoms in total. The largest absolute Gasteiger partial charge is 0.508 e. The lowest BCUT2D eigenvalue weighted by Gasteiger charge is -2.01. The number of benzene rings is 4. The maximum atomic E-state index is 9.86. The van der Waals surface area contributed by atoms with Gasteiger partial charge in [-0.15, -0.1) is 10.2 Å². The van der Waals surface area contributed by atoms with E-state index in [-0.39, 0.29) is 17.2 Å². The fourth-order valence-corrected chi connectivity index (χ4v) is 4.41. The second-order valence-electron chi connectivity index (χ2n) is 8.51. The highest BCUT2D eigenvalue weighted by Crippen LogP contribution is 2.31. The molecule has 0 spiro atoms. The number of phenols is 2. The molecule has 0 saturated carbocycles. The summed E-state index contributed by atoms with van der Waals surface area (Å²) in [7, 11) is 0. The van der Waals surface area contributed by atoms with Gasteiger partial charge < -0.3 is 10.2 Å². The van der Waals surface area contributed by atoms with Crippen LogP contribution in [-0.4, -0.2) is 25.7 Å². The zero-order valence-electron chi connectivity index (χ0n) is 20.7. The summed E-state index contributed by atoms with van der Waals surface area (Å²) in [4.78, 5) is 0.658. The predicted octanol–water partition coefficient (Wildman–Crippen LogP) is 7.06. The van der Waals surface area contributed by atoms with Crippen LogP contribution >= 0.6 is 11.3 Å². The van der Waals surface area contributed by atoms with E-state index >= 15 is 0 Å². The number of para-hydroxylation sites is 1. The van der Waals surface area contributed by atoms with Crippen molar-refractivity contribution in [2.75, 3.05) is 0 Å². The first-order valence-electron chi connectivity index (χ1n) is 11.8. The minimum absolute atomic E-state index is 0.0371. The summed E-state index contributed by atoms with van der Waals surface area (Å²) in [5.41, 5.74) is 5.62. The molecule has 0 fully saturated rings. The lowest BCUT2D eigenvalue weighted by molar-refractivity contribution is 0.451. The number of hydrogen-bond donors (Lipinski definition) is 2. The molecule has 1 aromatic heterocycles. The van der Waals surface area contributed by atoms with Gasteiger partial charge in [0.15, 0.2) is 0 Å². The van der Waals surface area contributed by atoms with Crippen molar-refractivity contribution in [2.45, 2.75) is 13.8 Å². The van der Waals surface area contributed by atoms with Crippen molar-refractivity contribution in [3.05, 3.63) is 113 Å². The Labute approximate surface area is 223 Å². The molecule has 2 N–H and O–H groups in total. The van der Waals surface area contributed by atoms with E-state index in [1.807, 2.05) is 61.5 Å². The SMILES string of the molecule is CC(=NN=c1sc(-c2ccc(C)cc2)nn1-c1ccccc1)c1ccc(N=Nc2ccc(O)cc2O)cc1. The van der Waals surface area contributed by atoms with Crippen LogP contribution in [0.3, 0.4) is 0 Å². The van der Waals surface area contributed by atoms with Gasteiger partial charge in [0.2, 0.25) is 4.80 Å². The van der Waals surface area contributed by atoms with Gasteiger partial charge in [0.1, 0.15) is 22.2 Å². The normalized spacial score (nSPS) is 12.4. The van der Waals surface area contributed by atoms with E-state index in [4.69, 9.17) is 5.10 Å². The molecule has 0 aliphatic carbocycles. The molecule has 188 valence electrons. The average molecular weight is 521 g/mol. The number of nitrogens with zero attached hydrogens (tertiary/aromatic N) is 6. The van der Waals surface area contributed by atoms with Crippen LogP contribution in [0.25, 0.3) is 16.3 Å². The van der Waals surface area contributed by atoms with Crippen LogP contribution in [0.1, 0.15) is 18.1 Å². The molecular weight excluding hydrogens is 496 g/mol. The molecule has 0 amide bonds. The standard InChI is InChI=1S/C29H24N6O2S/c1-19-8-10-22(11-9-19)28-34-35(24-6-4-3-5-7-24)29(38-28)33-30-20(2)21-12-14-23(15-13-21)31-32-26-17-16-25(36)18-27(26)37/h3-18,36-37H,1-2H3. The third-order valence-corrected chi connectivity index (χ3v) is 6.61. The summed E-state index contributed by atoms with van der Waals surface area (Å²) in [6.45, 7) is 3.95. The smallest absolute Gasteiger partial charge is 0.233 e. The van der Waals surface area contributed by atoms with Crippen LogP contribution in [0, 0.1) is 6.92 Å². The molecule has 0 aliphatic heterocycles. The molecule has 38 heavy (non-hydrogen) atoms. The molecule has 5 rings (SSSR count). The number of aromatic hydroxyl groups is 2. The Morgan fingerprint density at radius 3 is 2.29 bits per heavy atom. The topological polar surface area (TPSA) is 108 Å². The van der Waals surface area contributed by atoms with E-state index in [0.717, 1.165) is 27.5 Å². The molecule has 0 aliphatic rings. The fraction of sp³-hybridized carbons (Fsp3) is 0.0690. The molecule has 5 aromatic rings. The summed E-state index contributed by atoms with van der Waals surface area (Å²) in [6.07, 6.45) is 0. The summed E-state index contributed by atoms with van der Waals surface area (Å²) < 4.78 is 1.80. The van der Waals surface area contributed by atoms with Crippen LogP contribution in [0.15, 0.2) is 117 Å². The van der Waals surface area contributed by atoms with Gasteiger partial charge in [-0.2, -0.15) is 15.3 Å². The Kier molecular flexibility index (Phi) is 7.19. The average Bonchev–Trinajstić information content (AvgIpc) is 3.37. The Hall–Kier alpha value is -4.89. The van der Waals surface area contributed by atoms with E-state index < -0.39 is 0 Å². The lowest BCUT2D eigenvalue weighted by atomic mass is 10.1. The molecular formula is C29H24N6O2S. The number of aryl methyl sites for hydroxylation is 1. The number of rotatable bonds is 6. The molecule has 0 bridgehead atoms. The summed E-state index contributed by atoms with van der Waals surface area (Å²) >= 11 is 1.47. The second kappa shape index (κ2) is 11.0. The molecule has 0 radical (unpaired) electrons. The highest BCUT2D eigenvalue weighted by atomic mass is 32.1. The van der Waals surface area contributed by atoms with Crippen LogP contribution < -0.4 is 4.80 Å². The minimum atomic E-state index is -0.142. The molecule has 0 saturated heterocycles. The van der Waals surface area contributed by atoms with E-state index in [1.165, 1.54) is 35.1 Å². The fourth-order valence-electron chi connectivity index (χ4n) is 3.55. The second-order valence-corrected chi connectivity index (χ2v) is 9.46. The first-order chi connectivity index (χ1) is 18.5. The zero-order chi connectivity index (χ0) is 26.5. The lowest BCUT2D eigenvalue weighted by Crippen LogP contribution is -2.14. The maximum Gasteiger partial charge on any atom is 0.233 e. The molecule has 4 aromatic carbocycles. The van der Waals surface area contributed by atoms with E-state index in [1.54, 1.807) is 4.68 Å². The minimum Gasteiger partial charge on any atom is -0.508 e.